The molecule has 0 spiro atoms. The van der Waals surface area contributed by atoms with Crippen molar-refractivity contribution >= 4 is 49.9 Å². The fourth-order valence-electron chi connectivity index (χ4n) is 1.42. The van der Waals surface area contributed by atoms with Gasteiger partial charge < -0.3 is 4.74 Å². The number of hydrogen-bond acceptors (Lipinski definition) is 4. The molecule has 1 aromatic rings. The van der Waals surface area contributed by atoms with E-state index < -0.39 is 15.1 Å². The maximum absolute atomic E-state index is 11.7. The van der Waals surface area contributed by atoms with E-state index >= 15 is 0 Å². The summed E-state index contributed by atoms with van der Waals surface area (Å²) in [5.74, 6) is -0.157. The van der Waals surface area contributed by atoms with E-state index in [2.05, 4.69) is 0 Å². The van der Waals surface area contributed by atoms with Crippen molar-refractivity contribution in [3.63, 3.8) is 0 Å². The van der Waals surface area contributed by atoms with Crippen LogP contribution in [0.4, 0.5) is 0 Å². The molecule has 0 radical (unpaired) electrons. The molecule has 0 N–H and O–H groups in total. The molecule has 0 unspecified atom stereocenters. The number of carbonyl (C=O) groups is 1. The van der Waals surface area contributed by atoms with Gasteiger partial charge in [0.1, 0.15) is 4.90 Å². The summed E-state index contributed by atoms with van der Waals surface area (Å²) in [4.78, 5) is 11.0. The second-order valence-electron chi connectivity index (χ2n) is 4.09. The number of ether oxygens (including phenoxy) is 1. The van der Waals surface area contributed by atoms with E-state index in [0.717, 1.165) is 12.3 Å². The van der Waals surface area contributed by atoms with Gasteiger partial charge in [-0.3, -0.25) is 4.79 Å². The van der Waals surface area contributed by atoms with E-state index in [1.54, 1.807) is 13.8 Å². The average Bonchev–Trinajstić information content (AvgIpc) is 2.19. The molecule has 0 aliphatic heterocycles. The Balaban J connectivity index is 3.74. The highest BCUT2D eigenvalue weighted by molar-refractivity contribution is 7.91. The molecule has 0 saturated carbocycles. The van der Waals surface area contributed by atoms with E-state index in [1.807, 2.05) is 0 Å². The molecule has 106 valence electrons. The lowest BCUT2D eigenvalue weighted by Crippen LogP contribution is -2.12. The predicted octanol–water partition coefficient (Wildman–Crippen LogP) is 3.56. The summed E-state index contributed by atoms with van der Waals surface area (Å²) in [6.45, 7) is 3.37. The summed E-state index contributed by atoms with van der Waals surface area (Å²) in [6, 6.07) is 1.11. The summed E-state index contributed by atoms with van der Waals surface area (Å²) in [5, 5.41) is -1.18. The number of rotatable bonds is 4. The molecule has 0 fully saturated rings. The number of carbonyl (C=O) groups excluding carboxylic acids is 1. The molecule has 0 atom stereocenters. The van der Waals surface area contributed by atoms with Gasteiger partial charge in [0.05, 0.1) is 21.7 Å². The molecular formula is C11H11Cl3O4S. The van der Waals surface area contributed by atoms with Crippen molar-refractivity contribution in [3.05, 3.63) is 21.7 Å². The molecule has 0 aromatic heterocycles. The lowest BCUT2D eigenvalue weighted by Gasteiger charge is -2.17. The zero-order valence-corrected chi connectivity index (χ0v) is 13.4. The van der Waals surface area contributed by atoms with E-state index in [1.165, 1.54) is 0 Å². The maximum atomic E-state index is 11.7. The normalized spacial score (nSPS) is 11.7. The minimum Gasteiger partial charge on any atom is -0.488 e. The predicted molar refractivity (Wildman–Crippen MR) is 75.5 cm³/mol. The molecule has 0 aliphatic carbocycles. The molecule has 0 amide bonds. The summed E-state index contributed by atoms with van der Waals surface area (Å²) in [7, 11) is -3.67. The van der Waals surface area contributed by atoms with Gasteiger partial charge in [-0.05, 0) is 31.5 Å². The van der Waals surface area contributed by atoms with Crippen molar-refractivity contribution in [1.82, 2.24) is 0 Å². The van der Waals surface area contributed by atoms with E-state index in [9.17, 15) is 13.2 Å². The highest BCUT2D eigenvalue weighted by Gasteiger charge is 2.27. The molecule has 4 nitrogen and oxygen atoms in total. The first-order valence-corrected chi connectivity index (χ1v) is 8.16. The smallest absolute Gasteiger partial charge is 0.254 e. The van der Waals surface area contributed by atoms with Crippen LogP contribution >= 0.6 is 34.8 Å². The third kappa shape index (κ3) is 3.75. The minimum atomic E-state index is -3.67. The van der Waals surface area contributed by atoms with Gasteiger partial charge in [0.2, 0.25) is 0 Å². The topological polar surface area (TPSA) is 60.4 Å². The van der Waals surface area contributed by atoms with E-state index in [4.69, 9.17) is 39.5 Å². The van der Waals surface area contributed by atoms with Gasteiger partial charge >= 0.3 is 0 Å². The Kier molecular flexibility index (Phi) is 5.12. The average molecular weight is 346 g/mol. The molecule has 1 rings (SSSR count). The molecule has 0 heterocycles. The van der Waals surface area contributed by atoms with Gasteiger partial charge in [0.15, 0.2) is 15.6 Å². The van der Waals surface area contributed by atoms with Gasteiger partial charge in [-0.15, -0.1) is 0 Å². The standard InChI is InChI=1S/C11H11Cl3O4S/c1-5(2)18-9-8(13)6(11(14)15)4-7(12)10(9)19(3,16)17/h4-5H,1-3H3. The zero-order valence-electron chi connectivity index (χ0n) is 10.3. The van der Waals surface area contributed by atoms with Gasteiger partial charge in [-0.1, -0.05) is 23.2 Å². The van der Waals surface area contributed by atoms with Crippen molar-refractivity contribution < 1.29 is 17.9 Å². The van der Waals surface area contributed by atoms with Crippen LogP contribution in [0.5, 0.6) is 5.75 Å². The number of hydrogen-bond donors (Lipinski definition) is 0. The molecule has 19 heavy (non-hydrogen) atoms. The van der Waals surface area contributed by atoms with Gasteiger partial charge in [0.25, 0.3) is 5.24 Å². The molecule has 1 aromatic carbocycles. The van der Waals surface area contributed by atoms with Crippen molar-refractivity contribution in [1.29, 1.82) is 0 Å². The molecule has 0 aliphatic rings. The summed E-state index contributed by atoms with van der Waals surface area (Å²) >= 11 is 17.2. The fourth-order valence-corrected chi connectivity index (χ4v) is 3.46. The van der Waals surface area contributed by atoms with E-state index in [-0.39, 0.29) is 32.4 Å². The van der Waals surface area contributed by atoms with E-state index in [0.29, 0.717) is 0 Å². The first-order valence-electron chi connectivity index (χ1n) is 5.14. The molecule has 0 bridgehead atoms. The highest BCUT2D eigenvalue weighted by Crippen LogP contribution is 2.41. The second-order valence-corrected chi connectivity index (χ2v) is 7.17. The Hall–Kier alpha value is -0.490. The summed E-state index contributed by atoms with van der Waals surface area (Å²) in [5.41, 5.74) is -0.101. The van der Waals surface area contributed by atoms with Crippen LogP contribution < -0.4 is 4.74 Å². The zero-order chi connectivity index (χ0) is 15.0. The van der Waals surface area contributed by atoms with Crippen LogP contribution in [0, 0.1) is 0 Å². The van der Waals surface area contributed by atoms with Crippen LogP contribution in [0.15, 0.2) is 11.0 Å². The Labute approximate surface area is 126 Å². The van der Waals surface area contributed by atoms with Crippen molar-refractivity contribution in [3.8, 4) is 5.75 Å². The van der Waals surface area contributed by atoms with Crippen LogP contribution in [0.25, 0.3) is 0 Å². The van der Waals surface area contributed by atoms with Crippen molar-refractivity contribution in [2.45, 2.75) is 24.8 Å². The second kappa shape index (κ2) is 5.87. The minimum absolute atomic E-state index is 0.101. The van der Waals surface area contributed by atoms with Gasteiger partial charge in [-0.2, -0.15) is 0 Å². The lowest BCUT2D eigenvalue weighted by molar-refractivity contribution is 0.108. The molecule has 0 saturated heterocycles. The van der Waals surface area contributed by atoms with Crippen LogP contribution in [0.3, 0.4) is 0 Å². The van der Waals surface area contributed by atoms with Crippen molar-refractivity contribution in [2.24, 2.45) is 0 Å². The van der Waals surface area contributed by atoms with Crippen LogP contribution in [0.1, 0.15) is 24.2 Å². The quantitative estimate of drug-likeness (QED) is 0.783. The van der Waals surface area contributed by atoms with Crippen LogP contribution in [0.2, 0.25) is 10.0 Å². The van der Waals surface area contributed by atoms with Gasteiger partial charge in [0, 0.05) is 6.26 Å². The fraction of sp³-hybridized carbons (Fsp3) is 0.364. The number of sulfone groups is 1. The Morgan fingerprint density at radius 3 is 2.21 bits per heavy atom. The Bertz CT molecular complexity index is 623. The molecular weight excluding hydrogens is 335 g/mol. The third-order valence-corrected chi connectivity index (χ3v) is 4.20. The highest BCUT2D eigenvalue weighted by atomic mass is 35.5. The monoisotopic (exact) mass is 344 g/mol. The number of benzene rings is 1. The largest absolute Gasteiger partial charge is 0.488 e. The maximum Gasteiger partial charge on any atom is 0.254 e. The van der Waals surface area contributed by atoms with Gasteiger partial charge in [-0.25, -0.2) is 8.42 Å². The van der Waals surface area contributed by atoms with Crippen LogP contribution in [-0.4, -0.2) is 26.0 Å². The third-order valence-electron chi connectivity index (χ3n) is 2.07. The van der Waals surface area contributed by atoms with Crippen molar-refractivity contribution in [2.75, 3.05) is 6.26 Å². The first kappa shape index (κ1) is 16.6. The Morgan fingerprint density at radius 2 is 1.84 bits per heavy atom. The SMILES string of the molecule is CC(C)Oc1c(Cl)c(C(=O)Cl)cc(Cl)c1S(C)(=O)=O. The summed E-state index contributed by atoms with van der Waals surface area (Å²) in [6.07, 6.45) is 0.620. The lowest BCUT2D eigenvalue weighted by atomic mass is 10.2. The number of halogens is 3. The van der Waals surface area contributed by atoms with Crippen LogP contribution in [-0.2, 0) is 9.84 Å². The Morgan fingerprint density at radius 1 is 1.32 bits per heavy atom. The molecule has 8 heteroatoms. The first-order chi connectivity index (χ1) is 8.55. The summed E-state index contributed by atoms with van der Waals surface area (Å²) < 4.78 is 28.9.